The quantitative estimate of drug-likeness (QED) is 0.568. The Balaban J connectivity index is 3.13. The van der Waals surface area contributed by atoms with Gasteiger partial charge in [0.05, 0.1) is 11.1 Å². The summed E-state index contributed by atoms with van der Waals surface area (Å²) in [6.45, 7) is 0. The van der Waals surface area contributed by atoms with Gasteiger partial charge in [0.1, 0.15) is 5.15 Å². The molecule has 1 rings (SSSR count). The van der Waals surface area contributed by atoms with E-state index in [2.05, 4.69) is 10.3 Å². The van der Waals surface area contributed by atoms with Crippen LogP contribution >= 0.6 is 11.6 Å². The zero-order valence-corrected chi connectivity index (χ0v) is 7.63. The molecule has 1 heterocycles. The van der Waals surface area contributed by atoms with Crippen LogP contribution in [0.25, 0.3) is 0 Å². The van der Waals surface area contributed by atoms with Crippen molar-refractivity contribution in [2.45, 2.75) is 0 Å². The first-order valence-corrected chi connectivity index (χ1v) is 3.89. The van der Waals surface area contributed by atoms with E-state index in [1.807, 2.05) is 0 Å². The molecule has 0 saturated carbocycles. The van der Waals surface area contributed by atoms with Gasteiger partial charge in [-0.1, -0.05) is 11.6 Å². The van der Waals surface area contributed by atoms with E-state index >= 15 is 0 Å². The summed E-state index contributed by atoms with van der Waals surface area (Å²) in [4.78, 5) is 25.2. The molecular formula is C8H7ClN2O2. The van der Waals surface area contributed by atoms with E-state index in [4.69, 9.17) is 11.6 Å². The molecule has 68 valence electrons. The summed E-state index contributed by atoms with van der Waals surface area (Å²) < 4.78 is 0. The van der Waals surface area contributed by atoms with Crippen LogP contribution in [0.3, 0.4) is 0 Å². The van der Waals surface area contributed by atoms with Crippen LogP contribution in [0, 0.1) is 0 Å². The van der Waals surface area contributed by atoms with Crippen LogP contribution in [0.15, 0.2) is 12.3 Å². The lowest BCUT2D eigenvalue weighted by Crippen LogP contribution is -2.18. The van der Waals surface area contributed by atoms with Crippen molar-refractivity contribution < 1.29 is 9.59 Å². The maximum absolute atomic E-state index is 11.1. The molecule has 1 aromatic rings. The molecule has 0 spiro atoms. The Morgan fingerprint density at radius 2 is 2.38 bits per heavy atom. The van der Waals surface area contributed by atoms with Crippen molar-refractivity contribution in [3.63, 3.8) is 0 Å². The number of nitrogens with zero attached hydrogens (tertiary/aromatic N) is 1. The van der Waals surface area contributed by atoms with Gasteiger partial charge in [-0.25, -0.2) is 4.98 Å². The fourth-order valence-electron chi connectivity index (χ4n) is 0.816. The molecule has 0 aliphatic carbocycles. The summed E-state index contributed by atoms with van der Waals surface area (Å²) in [5.41, 5.74) is 0.525. The molecule has 0 saturated heterocycles. The minimum Gasteiger partial charge on any atom is -0.355 e. The summed E-state index contributed by atoms with van der Waals surface area (Å²) in [5, 5.41) is 2.51. The van der Waals surface area contributed by atoms with E-state index in [1.165, 1.54) is 19.3 Å². The number of carbonyl (C=O) groups excluding carboxylic acids is 2. The van der Waals surface area contributed by atoms with Crippen LogP contribution in [0.2, 0.25) is 5.15 Å². The standard InChI is InChI=1S/C8H7ClN2O2/c1-10-8(13)5-2-6(4-12)7(9)11-3-5/h2-4H,1H3,(H,10,13). The van der Waals surface area contributed by atoms with Gasteiger partial charge in [-0.05, 0) is 6.07 Å². The Hall–Kier alpha value is -1.42. The molecule has 4 nitrogen and oxygen atoms in total. The maximum atomic E-state index is 11.1. The van der Waals surface area contributed by atoms with E-state index in [0.29, 0.717) is 11.8 Å². The van der Waals surface area contributed by atoms with Gasteiger partial charge in [0.15, 0.2) is 6.29 Å². The van der Waals surface area contributed by atoms with E-state index in [0.717, 1.165) is 0 Å². The summed E-state index contributed by atoms with van der Waals surface area (Å²) in [6.07, 6.45) is 1.87. The number of nitrogens with one attached hydrogen (secondary N) is 1. The third kappa shape index (κ3) is 2.03. The second kappa shape index (κ2) is 4.00. The predicted octanol–water partition coefficient (Wildman–Crippen LogP) is 0.907. The fourth-order valence-corrected chi connectivity index (χ4v) is 0.964. The number of amides is 1. The number of aldehydes is 1. The van der Waals surface area contributed by atoms with Gasteiger partial charge >= 0.3 is 0 Å². The van der Waals surface area contributed by atoms with Gasteiger partial charge in [0.25, 0.3) is 5.91 Å². The zero-order chi connectivity index (χ0) is 9.84. The van der Waals surface area contributed by atoms with Gasteiger partial charge in [-0.15, -0.1) is 0 Å². The highest BCUT2D eigenvalue weighted by Crippen LogP contribution is 2.11. The van der Waals surface area contributed by atoms with Crippen molar-refractivity contribution in [1.82, 2.24) is 10.3 Å². The SMILES string of the molecule is CNC(=O)c1cnc(Cl)c(C=O)c1. The first kappa shape index (κ1) is 9.67. The van der Waals surface area contributed by atoms with Gasteiger partial charge in [0, 0.05) is 13.2 Å². The topological polar surface area (TPSA) is 59.1 Å². The first-order valence-electron chi connectivity index (χ1n) is 3.52. The highest BCUT2D eigenvalue weighted by molar-refractivity contribution is 6.31. The third-order valence-corrected chi connectivity index (χ3v) is 1.80. The smallest absolute Gasteiger partial charge is 0.252 e. The van der Waals surface area contributed by atoms with Gasteiger partial charge in [-0.3, -0.25) is 9.59 Å². The lowest BCUT2D eigenvalue weighted by Gasteiger charge is -2.00. The molecule has 1 amide bonds. The average molecular weight is 199 g/mol. The van der Waals surface area contributed by atoms with E-state index in [-0.39, 0.29) is 16.6 Å². The highest BCUT2D eigenvalue weighted by Gasteiger charge is 2.07. The van der Waals surface area contributed by atoms with Gasteiger partial charge < -0.3 is 5.32 Å². The fraction of sp³-hybridized carbons (Fsp3) is 0.125. The number of hydrogen-bond donors (Lipinski definition) is 1. The van der Waals surface area contributed by atoms with Crippen LogP contribution in [-0.4, -0.2) is 24.2 Å². The number of halogens is 1. The van der Waals surface area contributed by atoms with Crippen molar-refractivity contribution in [3.05, 3.63) is 28.5 Å². The normalized spacial score (nSPS) is 9.38. The van der Waals surface area contributed by atoms with E-state index in [1.54, 1.807) is 0 Å². The second-order valence-corrected chi connectivity index (χ2v) is 2.66. The first-order chi connectivity index (χ1) is 6.19. The largest absolute Gasteiger partial charge is 0.355 e. The predicted molar refractivity (Wildman–Crippen MR) is 48.0 cm³/mol. The lowest BCUT2D eigenvalue weighted by molar-refractivity contribution is 0.0962. The number of hydrogen-bond acceptors (Lipinski definition) is 3. The number of rotatable bonds is 2. The van der Waals surface area contributed by atoms with Crippen LogP contribution < -0.4 is 5.32 Å². The van der Waals surface area contributed by atoms with Gasteiger partial charge in [-0.2, -0.15) is 0 Å². The average Bonchev–Trinajstić information content (AvgIpc) is 2.17. The monoisotopic (exact) mass is 198 g/mol. The Morgan fingerprint density at radius 1 is 1.69 bits per heavy atom. The third-order valence-electron chi connectivity index (χ3n) is 1.48. The molecule has 0 radical (unpaired) electrons. The lowest BCUT2D eigenvalue weighted by atomic mass is 10.2. The summed E-state index contributed by atoms with van der Waals surface area (Å²) >= 11 is 5.57. The molecule has 5 heteroatoms. The highest BCUT2D eigenvalue weighted by atomic mass is 35.5. The Morgan fingerprint density at radius 3 is 2.92 bits per heavy atom. The molecule has 0 aromatic carbocycles. The van der Waals surface area contributed by atoms with Crippen LogP contribution in [-0.2, 0) is 0 Å². The summed E-state index contributed by atoms with van der Waals surface area (Å²) in [7, 11) is 1.50. The number of carbonyl (C=O) groups is 2. The molecule has 0 unspecified atom stereocenters. The maximum Gasteiger partial charge on any atom is 0.252 e. The molecule has 0 aliphatic heterocycles. The molecule has 1 N–H and O–H groups in total. The molecule has 13 heavy (non-hydrogen) atoms. The number of aromatic nitrogens is 1. The van der Waals surface area contributed by atoms with Crippen molar-refractivity contribution >= 4 is 23.8 Å². The molecule has 0 fully saturated rings. The summed E-state index contributed by atoms with van der Waals surface area (Å²) in [6, 6.07) is 1.39. The Labute approximate surface area is 79.9 Å². The van der Waals surface area contributed by atoms with Crippen molar-refractivity contribution in [1.29, 1.82) is 0 Å². The second-order valence-electron chi connectivity index (χ2n) is 2.30. The van der Waals surface area contributed by atoms with Crippen LogP contribution in [0.4, 0.5) is 0 Å². The van der Waals surface area contributed by atoms with E-state index in [9.17, 15) is 9.59 Å². The molecule has 0 aliphatic rings. The number of pyridine rings is 1. The Kier molecular flexibility index (Phi) is 2.97. The van der Waals surface area contributed by atoms with Crippen LogP contribution in [0.5, 0.6) is 0 Å². The van der Waals surface area contributed by atoms with Crippen molar-refractivity contribution in [3.8, 4) is 0 Å². The minimum atomic E-state index is -0.299. The van der Waals surface area contributed by atoms with Crippen LogP contribution in [0.1, 0.15) is 20.7 Å². The summed E-state index contributed by atoms with van der Waals surface area (Å²) in [5.74, 6) is -0.299. The molecule has 1 aromatic heterocycles. The zero-order valence-electron chi connectivity index (χ0n) is 6.87. The molecule has 0 atom stereocenters. The van der Waals surface area contributed by atoms with Crippen molar-refractivity contribution in [2.24, 2.45) is 0 Å². The minimum absolute atomic E-state index is 0.0997. The molecule has 0 bridgehead atoms. The van der Waals surface area contributed by atoms with E-state index < -0.39 is 0 Å². The van der Waals surface area contributed by atoms with Crippen molar-refractivity contribution in [2.75, 3.05) is 7.05 Å². The van der Waals surface area contributed by atoms with Gasteiger partial charge in [0.2, 0.25) is 0 Å². The Bertz CT molecular complexity index is 352. The molecular weight excluding hydrogens is 192 g/mol.